The normalized spacial score (nSPS) is 21.9. The SMILES string of the molecule is Cc1c(C(=O)N2CCN(C)[C@@H](C)C2)ccn1C. The zero-order chi connectivity index (χ0) is 12.6. The molecule has 0 spiro atoms. The number of carbonyl (C=O) groups is 1. The molecule has 1 saturated heterocycles. The highest BCUT2D eigenvalue weighted by Gasteiger charge is 2.26. The van der Waals surface area contributed by atoms with E-state index < -0.39 is 0 Å². The van der Waals surface area contributed by atoms with Gasteiger partial charge in [0.2, 0.25) is 0 Å². The van der Waals surface area contributed by atoms with Crippen molar-refractivity contribution in [3.63, 3.8) is 0 Å². The lowest BCUT2D eigenvalue weighted by atomic mass is 10.1. The number of rotatable bonds is 1. The maximum absolute atomic E-state index is 12.4. The summed E-state index contributed by atoms with van der Waals surface area (Å²) in [5.41, 5.74) is 1.88. The highest BCUT2D eigenvalue weighted by Crippen LogP contribution is 2.15. The third-order valence-electron chi connectivity index (χ3n) is 3.86. The molecule has 94 valence electrons. The van der Waals surface area contributed by atoms with Crippen molar-refractivity contribution in [1.82, 2.24) is 14.4 Å². The van der Waals surface area contributed by atoms with E-state index in [9.17, 15) is 4.79 Å². The average molecular weight is 235 g/mol. The van der Waals surface area contributed by atoms with Gasteiger partial charge < -0.3 is 14.4 Å². The molecule has 2 heterocycles. The van der Waals surface area contributed by atoms with Crippen LogP contribution in [0.2, 0.25) is 0 Å². The Bertz CT molecular complexity index is 424. The molecule has 0 bridgehead atoms. The van der Waals surface area contributed by atoms with Gasteiger partial charge in [-0.05, 0) is 27.0 Å². The van der Waals surface area contributed by atoms with E-state index in [-0.39, 0.29) is 5.91 Å². The smallest absolute Gasteiger partial charge is 0.255 e. The van der Waals surface area contributed by atoms with Crippen LogP contribution in [0.1, 0.15) is 23.0 Å². The van der Waals surface area contributed by atoms with Crippen LogP contribution in [0, 0.1) is 6.92 Å². The minimum Gasteiger partial charge on any atom is -0.354 e. The zero-order valence-corrected chi connectivity index (χ0v) is 11.1. The van der Waals surface area contributed by atoms with E-state index in [1.807, 2.05) is 35.7 Å². The maximum Gasteiger partial charge on any atom is 0.255 e. The van der Waals surface area contributed by atoms with E-state index in [0.717, 1.165) is 30.9 Å². The van der Waals surface area contributed by atoms with Gasteiger partial charge in [-0.1, -0.05) is 0 Å². The van der Waals surface area contributed by atoms with Gasteiger partial charge in [-0.3, -0.25) is 4.79 Å². The van der Waals surface area contributed by atoms with Crippen LogP contribution in [0.3, 0.4) is 0 Å². The Morgan fingerprint density at radius 1 is 1.35 bits per heavy atom. The lowest BCUT2D eigenvalue weighted by Gasteiger charge is -2.37. The lowest BCUT2D eigenvalue weighted by Crippen LogP contribution is -2.52. The van der Waals surface area contributed by atoms with Gasteiger partial charge in [0.15, 0.2) is 0 Å². The van der Waals surface area contributed by atoms with E-state index in [2.05, 4.69) is 18.9 Å². The van der Waals surface area contributed by atoms with E-state index in [1.165, 1.54) is 0 Å². The van der Waals surface area contributed by atoms with E-state index in [1.54, 1.807) is 0 Å². The monoisotopic (exact) mass is 235 g/mol. The Morgan fingerprint density at radius 2 is 2.06 bits per heavy atom. The van der Waals surface area contributed by atoms with Crippen LogP contribution in [-0.2, 0) is 7.05 Å². The Kier molecular flexibility index (Phi) is 3.24. The van der Waals surface area contributed by atoms with Crippen LogP contribution in [0.5, 0.6) is 0 Å². The molecule has 0 N–H and O–H groups in total. The number of piperazine rings is 1. The first-order chi connectivity index (χ1) is 8.00. The zero-order valence-electron chi connectivity index (χ0n) is 11.1. The van der Waals surface area contributed by atoms with Gasteiger partial charge in [0, 0.05) is 44.6 Å². The second-order valence-electron chi connectivity index (χ2n) is 5.01. The Hall–Kier alpha value is -1.29. The second kappa shape index (κ2) is 4.53. The largest absolute Gasteiger partial charge is 0.354 e. The fourth-order valence-corrected chi connectivity index (χ4v) is 2.24. The minimum atomic E-state index is 0.169. The van der Waals surface area contributed by atoms with Crippen molar-refractivity contribution in [2.75, 3.05) is 26.7 Å². The van der Waals surface area contributed by atoms with Gasteiger partial charge in [-0.25, -0.2) is 0 Å². The van der Waals surface area contributed by atoms with Gasteiger partial charge >= 0.3 is 0 Å². The Labute approximate surface area is 103 Å². The molecule has 4 nitrogen and oxygen atoms in total. The summed E-state index contributed by atoms with van der Waals surface area (Å²) in [6.45, 7) is 6.76. The highest BCUT2D eigenvalue weighted by atomic mass is 16.2. The maximum atomic E-state index is 12.4. The van der Waals surface area contributed by atoms with Crippen molar-refractivity contribution in [2.24, 2.45) is 7.05 Å². The van der Waals surface area contributed by atoms with Crippen LogP contribution in [0.4, 0.5) is 0 Å². The van der Waals surface area contributed by atoms with Crippen LogP contribution in [-0.4, -0.2) is 53.0 Å². The van der Waals surface area contributed by atoms with Gasteiger partial charge in [0.1, 0.15) is 0 Å². The fraction of sp³-hybridized carbons (Fsp3) is 0.615. The van der Waals surface area contributed by atoms with Crippen molar-refractivity contribution < 1.29 is 4.79 Å². The van der Waals surface area contributed by atoms with Crippen molar-refractivity contribution in [2.45, 2.75) is 19.9 Å². The molecule has 0 aromatic carbocycles. The molecule has 1 aromatic heterocycles. The summed E-state index contributed by atoms with van der Waals surface area (Å²) in [6, 6.07) is 2.36. The molecular weight excluding hydrogens is 214 g/mol. The van der Waals surface area contributed by atoms with Crippen molar-refractivity contribution >= 4 is 5.91 Å². The van der Waals surface area contributed by atoms with Gasteiger partial charge in [0.05, 0.1) is 5.56 Å². The number of hydrogen-bond donors (Lipinski definition) is 0. The molecule has 1 aromatic rings. The third-order valence-corrected chi connectivity index (χ3v) is 3.86. The molecule has 0 saturated carbocycles. The minimum absolute atomic E-state index is 0.169. The third kappa shape index (κ3) is 2.22. The van der Waals surface area contributed by atoms with Crippen LogP contribution < -0.4 is 0 Å². The standard InChI is InChI=1S/C13H21N3O/c1-10-9-16(8-7-14(10)3)13(17)12-5-6-15(4)11(12)2/h5-6,10H,7-9H2,1-4H3/t10-/m0/s1. The number of carbonyl (C=O) groups excluding carboxylic acids is 1. The highest BCUT2D eigenvalue weighted by molar-refractivity contribution is 5.95. The summed E-state index contributed by atoms with van der Waals surface area (Å²) in [6.07, 6.45) is 1.95. The molecule has 4 heteroatoms. The molecule has 0 radical (unpaired) electrons. The predicted octanol–water partition coefficient (Wildman–Crippen LogP) is 1.11. The summed E-state index contributed by atoms with van der Waals surface area (Å²) >= 11 is 0. The van der Waals surface area contributed by atoms with E-state index >= 15 is 0 Å². The topological polar surface area (TPSA) is 28.5 Å². The first kappa shape index (κ1) is 12.2. The summed E-state index contributed by atoms with van der Waals surface area (Å²) < 4.78 is 1.99. The quantitative estimate of drug-likeness (QED) is 0.729. The molecule has 0 aliphatic carbocycles. The van der Waals surface area contributed by atoms with Gasteiger partial charge in [0.25, 0.3) is 5.91 Å². The second-order valence-corrected chi connectivity index (χ2v) is 5.01. The molecular formula is C13H21N3O. The molecule has 1 aliphatic heterocycles. The van der Waals surface area contributed by atoms with Crippen molar-refractivity contribution in [1.29, 1.82) is 0 Å². The summed E-state index contributed by atoms with van der Waals surface area (Å²) in [4.78, 5) is 16.6. The van der Waals surface area contributed by atoms with Crippen LogP contribution in [0.15, 0.2) is 12.3 Å². The molecule has 0 unspecified atom stereocenters. The van der Waals surface area contributed by atoms with E-state index in [4.69, 9.17) is 0 Å². The summed E-state index contributed by atoms with van der Waals surface area (Å²) in [7, 11) is 4.08. The van der Waals surface area contributed by atoms with E-state index in [0.29, 0.717) is 6.04 Å². The van der Waals surface area contributed by atoms with Gasteiger partial charge in [-0.2, -0.15) is 0 Å². The summed E-state index contributed by atoms with van der Waals surface area (Å²) in [5.74, 6) is 0.169. The summed E-state index contributed by atoms with van der Waals surface area (Å²) in [5, 5.41) is 0. The van der Waals surface area contributed by atoms with Crippen molar-refractivity contribution in [3.05, 3.63) is 23.5 Å². The number of hydrogen-bond acceptors (Lipinski definition) is 2. The molecule has 1 atom stereocenters. The lowest BCUT2D eigenvalue weighted by molar-refractivity contribution is 0.0571. The predicted molar refractivity (Wildman–Crippen MR) is 68.1 cm³/mol. The number of aromatic nitrogens is 1. The fourth-order valence-electron chi connectivity index (χ4n) is 2.24. The first-order valence-electron chi connectivity index (χ1n) is 6.12. The van der Waals surface area contributed by atoms with Crippen LogP contribution in [0.25, 0.3) is 0 Å². The van der Waals surface area contributed by atoms with Crippen LogP contribution >= 0.6 is 0 Å². The molecule has 1 fully saturated rings. The first-order valence-corrected chi connectivity index (χ1v) is 6.12. The molecule has 17 heavy (non-hydrogen) atoms. The number of likely N-dealkylation sites (N-methyl/N-ethyl adjacent to an activating group) is 1. The van der Waals surface area contributed by atoms with Gasteiger partial charge in [-0.15, -0.1) is 0 Å². The molecule has 1 aliphatic rings. The number of amides is 1. The van der Waals surface area contributed by atoms with Crippen molar-refractivity contribution in [3.8, 4) is 0 Å². The number of aryl methyl sites for hydroxylation is 1. The molecule has 1 amide bonds. The Morgan fingerprint density at radius 3 is 2.59 bits per heavy atom. The average Bonchev–Trinajstić information content (AvgIpc) is 2.63. The number of nitrogens with zero attached hydrogens (tertiary/aromatic N) is 3. The Balaban J connectivity index is 2.13. The molecule has 2 rings (SSSR count).